The minimum atomic E-state index is 0.437. The molecule has 2 aromatic rings. The molecular formula is C12H10Br2N2S. The second-order valence-corrected chi connectivity index (χ2v) is 6.95. The lowest BCUT2D eigenvalue weighted by Gasteiger charge is -2.12. The number of nitrogens with zero attached hydrogens (tertiary/aromatic N) is 1. The molecule has 1 aromatic carbocycles. The Kier molecular flexibility index (Phi) is 3.00. The number of nitrogens with two attached hydrogens (primary N) is 1. The van der Waals surface area contributed by atoms with Crippen LogP contribution in [-0.2, 0) is 6.42 Å². The van der Waals surface area contributed by atoms with Crippen LogP contribution >= 0.6 is 43.2 Å². The average molecular weight is 374 g/mol. The summed E-state index contributed by atoms with van der Waals surface area (Å²) in [7, 11) is 0. The SMILES string of the molecule is Nc1nc2c(s1)C(c1cc(Br)ccc1Br)CC2. The molecule has 0 spiro atoms. The highest BCUT2D eigenvalue weighted by molar-refractivity contribution is 9.11. The molecule has 88 valence electrons. The Hall–Kier alpha value is -0.390. The summed E-state index contributed by atoms with van der Waals surface area (Å²) < 4.78 is 2.27. The first kappa shape index (κ1) is 11.7. The standard InChI is InChI=1S/C12H10Br2N2S/c13-6-1-3-9(14)8(5-6)7-2-4-10-11(7)17-12(15)16-10/h1,3,5,7H,2,4H2,(H2,15,16). The summed E-state index contributed by atoms with van der Waals surface area (Å²) >= 11 is 8.79. The van der Waals surface area contributed by atoms with Crippen LogP contribution in [0.15, 0.2) is 27.1 Å². The Morgan fingerprint density at radius 2 is 2.18 bits per heavy atom. The highest BCUT2D eigenvalue weighted by Crippen LogP contribution is 2.44. The van der Waals surface area contributed by atoms with Crippen molar-refractivity contribution in [3.8, 4) is 0 Å². The molecule has 0 saturated heterocycles. The maximum absolute atomic E-state index is 5.78. The van der Waals surface area contributed by atoms with Crippen molar-refractivity contribution >= 4 is 48.3 Å². The van der Waals surface area contributed by atoms with Crippen molar-refractivity contribution in [2.24, 2.45) is 0 Å². The minimum absolute atomic E-state index is 0.437. The molecule has 0 aliphatic heterocycles. The maximum atomic E-state index is 5.78. The molecule has 5 heteroatoms. The van der Waals surface area contributed by atoms with Crippen molar-refractivity contribution in [1.82, 2.24) is 4.98 Å². The largest absolute Gasteiger partial charge is 0.375 e. The number of hydrogen-bond acceptors (Lipinski definition) is 3. The van der Waals surface area contributed by atoms with Crippen LogP contribution in [0.5, 0.6) is 0 Å². The first-order chi connectivity index (χ1) is 8.15. The van der Waals surface area contributed by atoms with E-state index in [-0.39, 0.29) is 0 Å². The Balaban J connectivity index is 2.09. The molecule has 0 radical (unpaired) electrons. The minimum Gasteiger partial charge on any atom is -0.375 e. The Labute approximate surface area is 121 Å². The average Bonchev–Trinajstić information content (AvgIpc) is 2.80. The van der Waals surface area contributed by atoms with E-state index >= 15 is 0 Å². The van der Waals surface area contributed by atoms with Gasteiger partial charge < -0.3 is 5.73 Å². The molecule has 0 amide bonds. The van der Waals surface area contributed by atoms with Gasteiger partial charge >= 0.3 is 0 Å². The number of rotatable bonds is 1. The summed E-state index contributed by atoms with van der Waals surface area (Å²) in [6, 6.07) is 6.31. The molecular weight excluding hydrogens is 364 g/mol. The number of nitrogen functional groups attached to an aromatic ring is 1. The van der Waals surface area contributed by atoms with E-state index < -0.39 is 0 Å². The van der Waals surface area contributed by atoms with Crippen LogP contribution in [-0.4, -0.2) is 4.98 Å². The molecule has 0 fully saturated rings. The molecule has 2 nitrogen and oxygen atoms in total. The zero-order valence-electron chi connectivity index (χ0n) is 8.91. The zero-order valence-corrected chi connectivity index (χ0v) is 12.9. The number of anilines is 1. The molecule has 3 rings (SSSR count). The summed E-state index contributed by atoms with van der Waals surface area (Å²) in [5.41, 5.74) is 8.29. The third kappa shape index (κ3) is 2.04. The van der Waals surface area contributed by atoms with Crippen LogP contribution < -0.4 is 5.73 Å². The number of hydrogen-bond donors (Lipinski definition) is 1. The summed E-state index contributed by atoms with van der Waals surface area (Å²) in [6.45, 7) is 0. The summed E-state index contributed by atoms with van der Waals surface area (Å²) in [5, 5.41) is 0.686. The van der Waals surface area contributed by atoms with Gasteiger partial charge in [-0.25, -0.2) is 4.98 Å². The normalized spacial score (nSPS) is 18.4. The third-order valence-corrected chi connectivity index (χ3v) is 5.32. The van der Waals surface area contributed by atoms with E-state index in [1.54, 1.807) is 11.3 Å². The summed E-state index contributed by atoms with van der Waals surface area (Å²) in [5.74, 6) is 0.437. The predicted octanol–water partition coefficient (Wildman–Crippen LogP) is 4.33. The molecule has 17 heavy (non-hydrogen) atoms. The van der Waals surface area contributed by atoms with Crippen LogP contribution in [0.25, 0.3) is 0 Å². The van der Waals surface area contributed by atoms with Crippen molar-refractivity contribution < 1.29 is 0 Å². The second-order valence-electron chi connectivity index (χ2n) is 4.12. The monoisotopic (exact) mass is 372 g/mol. The summed E-state index contributed by atoms with van der Waals surface area (Å²) in [6.07, 6.45) is 2.16. The van der Waals surface area contributed by atoms with Crippen LogP contribution in [0.1, 0.15) is 28.5 Å². The number of benzene rings is 1. The Morgan fingerprint density at radius 1 is 1.35 bits per heavy atom. The second kappa shape index (κ2) is 4.37. The fraction of sp³-hybridized carbons (Fsp3) is 0.250. The van der Waals surface area contributed by atoms with E-state index in [1.165, 1.54) is 16.1 Å². The highest BCUT2D eigenvalue weighted by atomic mass is 79.9. The Bertz CT molecular complexity index is 580. The molecule has 1 unspecified atom stereocenters. The van der Waals surface area contributed by atoms with Crippen molar-refractivity contribution in [1.29, 1.82) is 0 Å². The van der Waals surface area contributed by atoms with Crippen LogP contribution in [0.4, 0.5) is 5.13 Å². The molecule has 1 atom stereocenters. The fourth-order valence-electron chi connectivity index (χ4n) is 2.32. The highest BCUT2D eigenvalue weighted by Gasteiger charge is 2.29. The number of thiazole rings is 1. The molecule has 0 bridgehead atoms. The van der Waals surface area contributed by atoms with Gasteiger partial charge in [0.2, 0.25) is 0 Å². The first-order valence-electron chi connectivity index (χ1n) is 5.35. The van der Waals surface area contributed by atoms with E-state index in [2.05, 4.69) is 49.0 Å². The van der Waals surface area contributed by atoms with Gasteiger partial charge in [-0.2, -0.15) is 0 Å². The summed E-state index contributed by atoms with van der Waals surface area (Å²) in [4.78, 5) is 5.72. The number of aryl methyl sites for hydroxylation is 1. The third-order valence-electron chi connectivity index (χ3n) is 3.06. The van der Waals surface area contributed by atoms with Gasteiger partial charge in [-0.15, -0.1) is 11.3 Å². The van der Waals surface area contributed by atoms with Crippen molar-refractivity contribution in [2.45, 2.75) is 18.8 Å². The van der Waals surface area contributed by atoms with Gasteiger partial charge in [-0.1, -0.05) is 31.9 Å². The Morgan fingerprint density at radius 3 is 3.00 bits per heavy atom. The molecule has 1 aliphatic carbocycles. The number of aromatic nitrogens is 1. The molecule has 1 aromatic heterocycles. The number of fused-ring (bicyclic) bond motifs is 1. The fourth-order valence-corrected chi connectivity index (χ4v) is 4.26. The smallest absolute Gasteiger partial charge is 0.180 e. The van der Waals surface area contributed by atoms with Gasteiger partial charge in [0.05, 0.1) is 5.69 Å². The van der Waals surface area contributed by atoms with Gasteiger partial charge in [0.1, 0.15) is 0 Å². The molecule has 1 aliphatic rings. The van der Waals surface area contributed by atoms with Crippen molar-refractivity contribution in [3.05, 3.63) is 43.3 Å². The van der Waals surface area contributed by atoms with Crippen LogP contribution in [0.2, 0.25) is 0 Å². The van der Waals surface area contributed by atoms with Crippen molar-refractivity contribution in [3.63, 3.8) is 0 Å². The van der Waals surface area contributed by atoms with E-state index in [0.29, 0.717) is 11.0 Å². The zero-order chi connectivity index (χ0) is 12.0. The van der Waals surface area contributed by atoms with E-state index in [9.17, 15) is 0 Å². The molecule has 0 saturated carbocycles. The maximum Gasteiger partial charge on any atom is 0.180 e. The molecule has 2 N–H and O–H groups in total. The van der Waals surface area contributed by atoms with E-state index in [1.807, 2.05) is 6.07 Å². The van der Waals surface area contributed by atoms with Gasteiger partial charge in [-0.05, 0) is 36.6 Å². The van der Waals surface area contributed by atoms with Crippen molar-refractivity contribution in [2.75, 3.05) is 5.73 Å². The lowest BCUT2D eigenvalue weighted by atomic mass is 9.99. The first-order valence-corrected chi connectivity index (χ1v) is 7.75. The van der Waals surface area contributed by atoms with Crippen LogP contribution in [0, 0.1) is 0 Å². The van der Waals surface area contributed by atoms with Gasteiger partial charge in [0, 0.05) is 19.7 Å². The topological polar surface area (TPSA) is 38.9 Å². The van der Waals surface area contributed by atoms with E-state index in [4.69, 9.17) is 5.73 Å². The predicted molar refractivity (Wildman–Crippen MR) is 78.5 cm³/mol. The van der Waals surface area contributed by atoms with Gasteiger partial charge in [0.15, 0.2) is 5.13 Å². The van der Waals surface area contributed by atoms with Gasteiger partial charge in [-0.3, -0.25) is 0 Å². The number of halogens is 2. The lowest BCUT2D eigenvalue weighted by Crippen LogP contribution is -1.95. The van der Waals surface area contributed by atoms with Crippen LogP contribution in [0.3, 0.4) is 0 Å². The quantitative estimate of drug-likeness (QED) is 0.807. The van der Waals surface area contributed by atoms with E-state index in [0.717, 1.165) is 21.8 Å². The van der Waals surface area contributed by atoms with Gasteiger partial charge in [0.25, 0.3) is 0 Å². The molecule has 1 heterocycles. The lowest BCUT2D eigenvalue weighted by molar-refractivity contribution is 0.787.